The van der Waals surface area contributed by atoms with Crippen LogP contribution in [0.5, 0.6) is 5.75 Å². The molecule has 1 unspecified atom stereocenters. The first-order valence-corrected chi connectivity index (χ1v) is 5.93. The Labute approximate surface area is 102 Å². The van der Waals surface area contributed by atoms with Gasteiger partial charge in [0, 0.05) is 0 Å². The molecule has 0 spiro atoms. The number of methoxy groups -OCH3 is 1. The van der Waals surface area contributed by atoms with Crippen LogP contribution < -0.4 is 4.74 Å². The number of thioether (sulfide) groups is 1. The number of ether oxygens (including phenoxy) is 1. The fourth-order valence-corrected chi connectivity index (χ4v) is 2.23. The van der Waals surface area contributed by atoms with Crippen LogP contribution in [0.15, 0.2) is 17.0 Å². The van der Waals surface area contributed by atoms with Crippen LogP contribution in [0.3, 0.4) is 0 Å². The van der Waals surface area contributed by atoms with Gasteiger partial charge in [-0.3, -0.25) is 0 Å². The molecule has 1 aromatic carbocycles. The van der Waals surface area contributed by atoms with Crippen LogP contribution in [-0.2, 0) is 4.79 Å². The number of hydrogen-bond acceptors (Lipinski definition) is 4. The molecule has 1 rings (SSSR count). The Kier molecular flexibility index (Phi) is 4.46. The third-order valence-corrected chi connectivity index (χ3v) is 3.03. The molecule has 1 atom stereocenters. The Bertz CT molecular complexity index is 408. The lowest BCUT2D eigenvalue weighted by atomic mass is 10.1. The number of halogens is 1. The van der Waals surface area contributed by atoms with Crippen molar-refractivity contribution in [3.8, 4) is 5.75 Å². The molecule has 0 radical (unpaired) electrons. The predicted octanol–water partition coefficient (Wildman–Crippen LogP) is 2.19. The molecule has 16 heavy (non-hydrogen) atoms. The molecule has 0 saturated carbocycles. The van der Waals surface area contributed by atoms with Crippen molar-refractivity contribution in [1.29, 1.82) is 0 Å². The Morgan fingerprint density at radius 3 is 2.62 bits per heavy atom. The number of benzene rings is 1. The third kappa shape index (κ3) is 2.61. The lowest BCUT2D eigenvalue weighted by Gasteiger charge is -2.12. The van der Waals surface area contributed by atoms with E-state index in [9.17, 15) is 9.90 Å². The lowest BCUT2D eigenvalue weighted by molar-refractivity contribution is -0.146. The van der Waals surface area contributed by atoms with Crippen molar-refractivity contribution in [2.45, 2.75) is 11.0 Å². The second-order valence-electron chi connectivity index (χ2n) is 2.98. The Balaban J connectivity index is 3.25. The number of hydrogen-bond donors (Lipinski definition) is 2. The lowest BCUT2D eigenvalue weighted by Crippen LogP contribution is -2.10. The quantitative estimate of drug-likeness (QED) is 0.814. The van der Waals surface area contributed by atoms with E-state index in [1.54, 1.807) is 6.07 Å². The van der Waals surface area contributed by atoms with Crippen LogP contribution in [0.2, 0.25) is 5.02 Å². The monoisotopic (exact) mass is 262 g/mol. The van der Waals surface area contributed by atoms with Crippen LogP contribution in [0, 0.1) is 0 Å². The van der Waals surface area contributed by atoms with E-state index in [1.807, 2.05) is 6.26 Å². The Morgan fingerprint density at radius 1 is 1.56 bits per heavy atom. The average molecular weight is 263 g/mol. The van der Waals surface area contributed by atoms with Crippen LogP contribution in [-0.4, -0.2) is 29.5 Å². The minimum Gasteiger partial charge on any atom is -0.494 e. The first-order valence-electron chi connectivity index (χ1n) is 4.33. The minimum atomic E-state index is -1.57. The van der Waals surface area contributed by atoms with Crippen LogP contribution in [0.4, 0.5) is 0 Å². The molecule has 0 aliphatic carbocycles. The molecule has 0 fully saturated rings. The number of aliphatic hydroxyl groups excluding tert-OH is 1. The zero-order valence-corrected chi connectivity index (χ0v) is 10.3. The van der Waals surface area contributed by atoms with E-state index in [0.29, 0.717) is 10.6 Å². The van der Waals surface area contributed by atoms with Crippen LogP contribution >= 0.6 is 23.4 Å². The molecule has 0 bridgehead atoms. The second-order valence-corrected chi connectivity index (χ2v) is 4.23. The predicted molar refractivity (Wildman–Crippen MR) is 62.4 cm³/mol. The van der Waals surface area contributed by atoms with Crippen molar-refractivity contribution in [1.82, 2.24) is 0 Å². The SMILES string of the molecule is COc1c(Cl)cc(C(O)C(=O)O)cc1SC. The molecule has 88 valence electrons. The summed E-state index contributed by atoms with van der Waals surface area (Å²) in [5, 5.41) is 18.4. The van der Waals surface area contributed by atoms with Gasteiger partial charge in [0.25, 0.3) is 0 Å². The van der Waals surface area contributed by atoms with E-state index >= 15 is 0 Å². The van der Waals surface area contributed by atoms with Gasteiger partial charge in [0.15, 0.2) is 11.9 Å². The topological polar surface area (TPSA) is 66.8 Å². The second kappa shape index (κ2) is 5.43. The highest BCUT2D eigenvalue weighted by atomic mass is 35.5. The van der Waals surface area contributed by atoms with Gasteiger partial charge in [-0.2, -0.15) is 0 Å². The highest BCUT2D eigenvalue weighted by molar-refractivity contribution is 7.98. The summed E-state index contributed by atoms with van der Waals surface area (Å²) in [5.41, 5.74) is 0.239. The summed E-state index contributed by atoms with van der Waals surface area (Å²) in [4.78, 5) is 11.3. The fraction of sp³-hybridized carbons (Fsp3) is 0.300. The Morgan fingerprint density at radius 2 is 2.19 bits per heavy atom. The number of aliphatic hydroxyl groups is 1. The molecule has 0 aliphatic rings. The van der Waals surface area contributed by atoms with Crippen LogP contribution in [0.1, 0.15) is 11.7 Å². The van der Waals surface area contributed by atoms with E-state index in [4.69, 9.17) is 21.4 Å². The summed E-state index contributed by atoms with van der Waals surface area (Å²) < 4.78 is 5.08. The van der Waals surface area contributed by atoms with Gasteiger partial charge in [-0.05, 0) is 24.0 Å². The first kappa shape index (κ1) is 13.2. The van der Waals surface area contributed by atoms with E-state index in [1.165, 1.54) is 24.9 Å². The summed E-state index contributed by atoms with van der Waals surface area (Å²) in [6, 6.07) is 2.94. The minimum absolute atomic E-state index is 0.239. The maximum atomic E-state index is 10.6. The fourth-order valence-electron chi connectivity index (χ4n) is 1.24. The van der Waals surface area contributed by atoms with Crippen molar-refractivity contribution in [3.05, 3.63) is 22.7 Å². The summed E-state index contributed by atoms with van der Waals surface area (Å²) in [6.45, 7) is 0. The van der Waals surface area contributed by atoms with Gasteiger partial charge in [-0.1, -0.05) is 11.6 Å². The first-order chi connectivity index (χ1) is 7.51. The Hall–Kier alpha value is -0.910. The molecule has 0 aliphatic heterocycles. The highest BCUT2D eigenvalue weighted by Crippen LogP contribution is 2.37. The summed E-state index contributed by atoms with van der Waals surface area (Å²) in [6.07, 6.45) is 0.236. The number of rotatable bonds is 4. The molecular weight excluding hydrogens is 252 g/mol. The van der Waals surface area contributed by atoms with E-state index in [0.717, 1.165) is 0 Å². The van der Waals surface area contributed by atoms with Gasteiger partial charge in [0.1, 0.15) is 0 Å². The molecule has 6 heteroatoms. The molecule has 0 amide bonds. The maximum Gasteiger partial charge on any atom is 0.337 e. The molecule has 1 aromatic rings. The normalized spacial score (nSPS) is 12.2. The third-order valence-electron chi connectivity index (χ3n) is 2.01. The highest BCUT2D eigenvalue weighted by Gasteiger charge is 2.19. The van der Waals surface area contributed by atoms with Crippen molar-refractivity contribution in [2.24, 2.45) is 0 Å². The van der Waals surface area contributed by atoms with Gasteiger partial charge in [0.2, 0.25) is 0 Å². The van der Waals surface area contributed by atoms with Gasteiger partial charge in [0.05, 0.1) is 17.0 Å². The summed E-state index contributed by atoms with van der Waals surface area (Å²) in [7, 11) is 1.48. The summed E-state index contributed by atoms with van der Waals surface area (Å²) in [5.74, 6) is -0.830. The average Bonchev–Trinajstić information content (AvgIpc) is 2.26. The van der Waals surface area contributed by atoms with Crippen molar-refractivity contribution < 1.29 is 19.7 Å². The van der Waals surface area contributed by atoms with E-state index < -0.39 is 12.1 Å². The smallest absolute Gasteiger partial charge is 0.337 e. The molecule has 4 nitrogen and oxygen atoms in total. The standard InChI is InChI=1S/C10H11ClO4S/c1-15-9-6(11)3-5(4-7(9)16-2)8(12)10(13)14/h3-4,8,12H,1-2H3,(H,13,14). The van der Waals surface area contributed by atoms with Gasteiger partial charge < -0.3 is 14.9 Å². The zero-order chi connectivity index (χ0) is 12.3. The molecule has 0 saturated heterocycles. The van der Waals surface area contributed by atoms with Crippen LogP contribution in [0.25, 0.3) is 0 Å². The molecular formula is C10H11ClO4S. The van der Waals surface area contributed by atoms with E-state index in [2.05, 4.69) is 0 Å². The van der Waals surface area contributed by atoms with Gasteiger partial charge in [-0.25, -0.2) is 4.79 Å². The zero-order valence-electron chi connectivity index (χ0n) is 8.73. The van der Waals surface area contributed by atoms with Gasteiger partial charge in [-0.15, -0.1) is 11.8 Å². The summed E-state index contributed by atoms with van der Waals surface area (Å²) >= 11 is 7.28. The number of carboxylic acids is 1. The molecule has 0 aromatic heterocycles. The van der Waals surface area contributed by atoms with E-state index in [-0.39, 0.29) is 10.6 Å². The number of carbonyl (C=O) groups is 1. The maximum absolute atomic E-state index is 10.6. The largest absolute Gasteiger partial charge is 0.494 e. The molecule has 2 N–H and O–H groups in total. The molecule has 0 heterocycles. The van der Waals surface area contributed by atoms with Crippen molar-refractivity contribution in [3.63, 3.8) is 0 Å². The van der Waals surface area contributed by atoms with Crippen molar-refractivity contribution in [2.75, 3.05) is 13.4 Å². The number of aliphatic carboxylic acids is 1. The van der Waals surface area contributed by atoms with Crippen molar-refractivity contribution >= 4 is 29.3 Å². The number of carboxylic acid groups (broad SMARTS) is 1. The van der Waals surface area contributed by atoms with Gasteiger partial charge >= 0.3 is 5.97 Å².